The molecule has 1 aromatic heterocycles. The first-order valence-electron chi connectivity index (χ1n) is 8.87. The van der Waals surface area contributed by atoms with Crippen LogP contribution in [-0.4, -0.2) is 46.7 Å². The van der Waals surface area contributed by atoms with Crippen LogP contribution in [0.15, 0.2) is 34.2 Å². The molecular weight excluding hydrogens is 386 g/mol. The number of aromatic nitrogens is 2. The summed E-state index contributed by atoms with van der Waals surface area (Å²) < 4.78 is 25.0. The first-order valence-corrected chi connectivity index (χ1v) is 11.7. The number of benzene rings is 1. The average molecular weight is 410 g/mol. The fourth-order valence-corrected chi connectivity index (χ4v) is 6.21. The molecule has 1 unspecified atom stereocenters. The van der Waals surface area contributed by atoms with Gasteiger partial charge in [-0.05, 0) is 31.9 Å². The number of sulfone groups is 1. The lowest BCUT2D eigenvalue weighted by atomic mass is 10.0. The van der Waals surface area contributed by atoms with Crippen LogP contribution in [0.4, 0.5) is 0 Å². The molecule has 1 aliphatic heterocycles. The van der Waals surface area contributed by atoms with E-state index in [1.165, 1.54) is 11.8 Å². The molecule has 1 aliphatic rings. The molecule has 0 spiro atoms. The molecule has 146 valence electrons. The molecule has 2 heterocycles. The summed E-state index contributed by atoms with van der Waals surface area (Å²) in [4.78, 5) is 29.6. The molecule has 0 radical (unpaired) electrons. The second-order valence-corrected chi connectivity index (χ2v) is 10.2. The molecule has 3 rings (SSSR count). The van der Waals surface area contributed by atoms with Gasteiger partial charge >= 0.3 is 0 Å². The Hall–Kier alpha value is -1.87. The highest BCUT2D eigenvalue weighted by Crippen LogP contribution is 2.24. The quantitative estimate of drug-likeness (QED) is 0.575. The van der Waals surface area contributed by atoms with Gasteiger partial charge in [-0.1, -0.05) is 30.8 Å². The maximum Gasteiger partial charge on any atom is 0.262 e. The van der Waals surface area contributed by atoms with Gasteiger partial charge in [0.1, 0.15) is 0 Å². The molecule has 0 aliphatic carbocycles. The maximum atomic E-state index is 12.7. The van der Waals surface area contributed by atoms with Crippen molar-refractivity contribution in [3.05, 3.63) is 34.6 Å². The average Bonchev–Trinajstić information content (AvgIpc) is 2.88. The van der Waals surface area contributed by atoms with Crippen LogP contribution in [0.5, 0.6) is 0 Å². The van der Waals surface area contributed by atoms with Gasteiger partial charge < -0.3 is 5.32 Å². The Bertz CT molecular complexity index is 1030. The van der Waals surface area contributed by atoms with E-state index in [9.17, 15) is 18.0 Å². The number of amides is 1. The molecule has 1 fully saturated rings. The number of carbonyl (C=O) groups is 1. The molecular formula is C18H23N3O4S2. The van der Waals surface area contributed by atoms with E-state index in [-0.39, 0.29) is 28.7 Å². The van der Waals surface area contributed by atoms with Gasteiger partial charge in [0.15, 0.2) is 15.0 Å². The second kappa shape index (κ2) is 7.63. The molecule has 0 bridgehead atoms. The molecule has 1 N–H and O–H groups in total. The predicted molar refractivity (Wildman–Crippen MR) is 107 cm³/mol. The van der Waals surface area contributed by atoms with Gasteiger partial charge in [0.25, 0.3) is 5.56 Å². The normalized spacial score (nSPS) is 21.4. The van der Waals surface area contributed by atoms with Crippen molar-refractivity contribution in [3.8, 4) is 0 Å². The minimum absolute atomic E-state index is 0.0365. The summed E-state index contributed by atoms with van der Waals surface area (Å²) in [5.74, 6) is -0.126. The Balaban J connectivity index is 1.77. The Morgan fingerprint density at radius 1 is 1.37 bits per heavy atom. The highest BCUT2D eigenvalue weighted by atomic mass is 32.2. The van der Waals surface area contributed by atoms with Crippen LogP contribution in [0.25, 0.3) is 10.9 Å². The highest BCUT2D eigenvalue weighted by Gasteiger charge is 2.39. The van der Waals surface area contributed by atoms with Crippen LogP contribution >= 0.6 is 11.8 Å². The Kier molecular flexibility index (Phi) is 5.62. The zero-order chi connectivity index (χ0) is 19.7. The van der Waals surface area contributed by atoms with Crippen molar-refractivity contribution in [2.75, 3.05) is 17.3 Å². The van der Waals surface area contributed by atoms with Crippen molar-refractivity contribution in [3.63, 3.8) is 0 Å². The van der Waals surface area contributed by atoms with E-state index in [2.05, 4.69) is 10.3 Å². The van der Waals surface area contributed by atoms with Crippen LogP contribution in [0.1, 0.15) is 26.7 Å². The SMILES string of the molecule is CCCn1c(SCC(=O)NC2(C)CCS(=O)(=O)C2)nc2ccccc2c1=O. The number of rotatable bonds is 6. The minimum Gasteiger partial charge on any atom is -0.349 e. The summed E-state index contributed by atoms with van der Waals surface area (Å²) in [6.07, 6.45) is 1.19. The van der Waals surface area contributed by atoms with Gasteiger partial charge in [-0.15, -0.1) is 0 Å². The van der Waals surface area contributed by atoms with Gasteiger partial charge in [-0.25, -0.2) is 13.4 Å². The molecule has 0 saturated carbocycles. The van der Waals surface area contributed by atoms with E-state index in [1.807, 2.05) is 13.0 Å². The predicted octanol–water partition coefficient (Wildman–Crippen LogP) is 1.59. The standard InChI is InChI=1S/C18H23N3O4S2/c1-3-9-21-16(23)13-6-4-5-7-14(13)19-17(21)26-11-15(22)20-18(2)8-10-27(24,25)12-18/h4-7H,3,8-12H2,1-2H3,(H,20,22). The third-order valence-corrected chi connectivity index (χ3v) is 7.43. The Labute approximate surface area is 162 Å². The largest absolute Gasteiger partial charge is 0.349 e. The molecule has 9 heteroatoms. The number of nitrogens with zero attached hydrogens (tertiary/aromatic N) is 2. The van der Waals surface area contributed by atoms with E-state index in [0.29, 0.717) is 29.0 Å². The third kappa shape index (κ3) is 4.52. The lowest BCUT2D eigenvalue weighted by molar-refractivity contribution is -0.120. The van der Waals surface area contributed by atoms with E-state index in [4.69, 9.17) is 0 Å². The number of hydrogen-bond acceptors (Lipinski definition) is 6. The summed E-state index contributed by atoms with van der Waals surface area (Å²) in [6, 6.07) is 7.15. The molecule has 2 aromatic rings. The number of carbonyl (C=O) groups excluding carboxylic acids is 1. The number of fused-ring (bicyclic) bond motifs is 1. The molecule has 1 saturated heterocycles. The number of para-hydroxylation sites is 1. The smallest absolute Gasteiger partial charge is 0.262 e. The summed E-state index contributed by atoms with van der Waals surface area (Å²) in [5.41, 5.74) is -0.234. The summed E-state index contributed by atoms with van der Waals surface area (Å²) in [7, 11) is -3.09. The first kappa shape index (κ1) is 19.9. The van der Waals surface area contributed by atoms with Crippen LogP contribution in [0.2, 0.25) is 0 Å². The van der Waals surface area contributed by atoms with Crippen LogP contribution in [-0.2, 0) is 21.2 Å². The zero-order valence-corrected chi connectivity index (χ0v) is 17.0. The Morgan fingerprint density at radius 2 is 2.11 bits per heavy atom. The molecule has 1 aromatic carbocycles. The number of thioether (sulfide) groups is 1. The van der Waals surface area contributed by atoms with Gasteiger partial charge in [-0.2, -0.15) is 0 Å². The summed E-state index contributed by atoms with van der Waals surface area (Å²) in [5, 5.41) is 3.89. The van der Waals surface area contributed by atoms with Gasteiger partial charge in [0, 0.05) is 6.54 Å². The van der Waals surface area contributed by atoms with E-state index >= 15 is 0 Å². The first-order chi connectivity index (χ1) is 12.7. The van der Waals surface area contributed by atoms with Gasteiger partial charge in [0.2, 0.25) is 5.91 Å². The minimum atomic E-state index is -3.09. The van der Waals surface area contributed by atoms with Gasteiger partial charge in [-0.3, -0.25) is 14.2 Å². The molecule has 1 atom stereocenters. The van der Waals surface area contributed by atoms with E-state index < -0.39 is 15.4 Å². The van der Waals surface area contributed by atoms with Crippen LogP contribution in [0.3, 0.4) is 0 Å². The monoisotopic (exact) mass is 409 g/mol. The molecule has 1 amide bonds. The second-order valence-electron chi connectivity index (χ2n) is 7.11. The lowest BCUT2D eigenvalue weighted by Gasteiger charge is -2.23. The lowest BCUT2D eigenvalue weighted by Crippen LogP contribution is -2.47. The summed E-state index contributed by atoms with van der Waals surface area (Å²) >= 11 is 1.20. The summed E-state index contributed by atoms with van der Waals surface area (Å²) in [6.45, 7) is 4.25. The van der Waals surface area contributed by atoms with Crippen molar-refractivity contribution < 1.29 is 13.2 Å². The van der Waals surface area contributed by atoms with Crippen molar-refractivity contribution in [2.24, 2.45) is 0 Å². The number of hydrogen-bond donors (Lipinski definition) is 1. The van der Waals surface area contributed by atoms with Crippen LogP contribution in [0, 0.1) is 0 Å². The maximum absolute atomic E-state index is 12.7. The fourth-order valence-electron chi connectivity index (χ4n) is 3.29. The zero-order valence-electron chi connectivity index (χ0n) is 15.4. The van der Waals surface area contributed by atoms with Crippen molar-refractivity contribution >= 4 is 38.4 Å². The fraction of sp³-hybridized carbons (Fsp3) is 0.500. The third-order valence-electron chi connectivity index (χ3n) is 4.55. The number of nitrogens with one attached hydrogen (secondary N) is 1. The Morgan fingerprint density at radius 3 is 2.78 bits per heavy atom. The highest BCUT2D eigenvalue weighted by molar-refractivity contribution is 7.99. The topological polar surface area (TPSA) is 98.1 Å². The molecule has 27 heavy (non-hydrogen) atoms. The van der Waals surface area contributed by atoms with Gasteiger partial charge in [0.05, 0.1) is 33.7 Å². The van der Waals surface area contributed by atoms with Crippen LogP contribution < -0.4 is 10.9 Å². The van der Waals surface area contributed by atoms with Crippen molar-refractivity contribution in [1.82, 2.24) is 14.9 Å². The van der Waals surface area contributed by atoms with E-state index in [1.54, 1.807) is 29.7 Å². The molecule has 7 nitrogen and oxygen atoms in total. The van der Waals surface area contributed by atoms with Crippen molar-refractivity contribution in [2.45, 2.75) is 43.9 Å². The van der Waals surface area contributed by atoms with Crippen molar-refractivity contribution in [1.29, 1.82) is 0 Å². The van der Waals surface area contributed by atoms with E-state index in [0.717, 1.165) is 6.42 Å².